The first-order chi connectivity index (χ1) is 8.30. The average molecular weight is 257 g/mol. The molecule has 0 aromatic carbocycles. The van der Waals surface area contributed by atoms with Crippen LogP contribution in [-0.4, -0.2) is 72.9 Å². The molecule has 0 aliphatic carbocycles. The Labute approximate surface area is 112 Å². The lowest BCUT2D eigenvalue weighted by Gasteiger charge is -2.34. The maximum absolute atomic E-state index is 10.5. The smallest absolute Gasteiger partial charge is 0.0869 e. The van der Waals surface area contributed by atoms with Gasteiger partial charge in [0, 0.05) is 31.7 Å². The highest BCUT2D eigenvalue weighted by molar-refractivity contribution is 4.88. The number of β-amino-alcohol motifs (C(OH)–C–C–N with tert-alkyl or cyclic N) is 1. The lowest BCUT2D eigenvalue weighted by molar-refractivity contribution is 0.0123. The lowest BCUT2D eigenvalue weighted by Crippen LogP contribution is -2.51. The van der Waals surface area contributed by atoms with Gasteiger partial charge >= 0.3 is 0 Å². The van der Waals surface area contributed by atoms with Crippen LogP contribution < -0.4 is 5.32 Å². The second kappa shape index (κ2) is 6.85. The molecule has 0 aromatic heterocycles. The molecule has 1 aliphatic rings. The second-order valence-electron chi connectivity index (χ2n) is 6.56. The highest BCUT2D eigenvalue weighted by atomic mass is 16.3. The molecule has 0 saturated carbocycles. The first-order valence-electron chi connectivity index (χ1n) is 7.15. The molecule has 1 fully saturated rings. The molecule has 0 spiro atoms. The van der Waals surface area contributed by atoms with E-state index in [1.165, 1.54) is 12.8 Å². The predicted octanol–water partition coefficient (Wildman–Crippen LogP) is 0.761. The minimum Gasteiger partial charge on any atom is -0.388 e. The second-order valence-corrected chi connectivity index (χ2v) is 6.56. The molecule has 2 atom stereocenters. The van der Waals surface area contributed by atoms with Crippen molar-refractivity contribution in [1.29, 1.82) is 0 Å². The fraction of sp³-hybridized carbons (Fsp3) is 1.00. The van der Waals surface area contributed by atoms with E-state index in [0.29, 0.717) is 18.6 Å². The summed E-state index contributed by atoms with van der Waals surface area (Å²) in [5.74, 6) is 0. The molecular weight excluding hydrogens is 226 g/mol. The largest absolute Gasteiger partial charge is 0.388 e. The van der Waals surface area contributed by atoms with Crippen LogP contribution in [0, 0.1) is 0 Å². The maximum atomic E-state index is 10.5. The van der Waals surface area contributed by atoms with Gasteiger partial charge in [0.25, 0.3) is 0 Å². The molecule has 18 heavy (non-hydrogen) atoms. The van der Waals surface area contributed by atoms with Gasteiger partial charge in [0.1, 0.15) is 0 Å². The first-order valence-corrected chi connectivity index (χ1v) is 7.15. The summed E-state index contributed by atoms with van der Waals surface area (Å²) >= 11 is 0. The quantitative estimate of drug-likeness (QED) is 0.706. The summed E-state index contributed by atoms with van der Waals surface area (Å²) in [7, 11) is 4.24. The van der Waals surface area contributed by atoms with E-state index in [9.17, 15) is 5.11 Å². The molecule has 4 nitrogen and oxygen atoms in total. The highest BCUT2D eigenvalue weighted by Crippen LogP contribution is 2.20. The van der Waals surface area contributed by atoms with Gasteiger partial charge in [0.15, 0.2) is 0 Å². The van der Waals surface area contributed by atoms with Crippen molar-refractivity contribution in [3.63, 3.8) is 0 Å². The predicted molar refractivity (Wildman–Crippen MR) is 76.9 cm³/mol. The molecule has 1 saturated heterocycles. The third kappa shape index (κ3) is 5.65. The summed E-state index contributed by atoms with van der Waals surface area (Å²) in [6.45, 7) is 9.81. The SMILES string of the molecule is CC(C)NCC(C)(O)CN1CCCC1CN(C)C. The normalized spacial score (nSPS) is 25.0. The summed E-state index contributed by atoms with van der Waals surface area (Å²) in [6.07, 6.45) is 2.51. The highest BCUT2D eigenvalue weighted by Gasteiger charge is 2.31. The van der Waals surface area contributed by atoms with E-state index in [1.807, 2.05) is 6.92 Å². The van der Waals surface area contributed by atoms with Crippen molar-refractivity contribution in [2.75, 3.05) is 40.3 Å². The Hall–Kier alpha value is -0.160. The van der Waals surface area contributed by atoms with Crippen molar-refractivity contribution >= 4 is 0 Å². The van der Waals surface area contributed by atoms with Gasteiger partial charge in [-0.15, -0.1) is 0 Å². The summed E-state index contributed by atoms with van der Waals surface area (Å²) in [6, 6.07) is 1.03. The molecule has 4 heteroatoms. The van der Waals surface area contributed by atoms with Gasteiger partial charge in [-0.25, -0.2) is 0 Å². The Morgan fingerprint density at radius 2 is 2.11 bits per heavy atom. The van der Waals surface area contributed by atoms with Crippen molar-refractivity contribution in [2.45, 2.75) is 51.3 Å². The van der Waals surface area contributed by atoms with E-state index < -0.39 is 5.60 Å². The number of nitrogens with one attached hydrogen (secondary N) is 1. The molecule has 1 heterocycles. The van der Waals surface area contributed by atoms with Crippen molar-refractivity contribution in [3.8, 4) is 0 Å². The molecular formula is C14H31N3O. The fourth-order valence-electron chi connectivity index (χ4n) is 2.65. The van der Waals surface area contributed by atoms with Crippen LogP contribution in [0.2, 0.25) is 0 Å². The topological polar surface area (TPSA) is 38.7 Å². The van der Waals surface area contributed by atoms with E-state index >= 15 is 0 Å². The van der Waals surface area contributed by atoms with Crippen LogP contribution in [0.1, 0.15) is 33.6 Å². The zero-order valence-corrected chi connectivity index (χ0v) is 12.7. The zero-order chi connectivity index (χ0) is 13.8. The first kappa shape index (κ1) is 15.9. The van der Waals surface area contributed by atoms with Crippen LogP contribution in [0.25, 0.3) is 0 Å². The van der Waals surface area contributed by atoms with Crippen molar-refractivity contribution in [3.05, 3.63) is 0 Å². The molecule has 0 radical (unpaired) electrons. The molecule has 1 aliphatic heterocycles. The van der Waals surface area contributed by atoms with Crippen molar-refractivity contribution < 1.29 is 5.11 Å². The zero-order valence-electron chi connectivity index (χ0n) is 12.7. The Balaban J connectivity index is 2.43. The van der Waals surface area contributed by atoms with Gasteiger partial charge in [0.2, 0.25) is 0 Å². The van der Waals surface area contributed by atoms with Crippen LogP contribution in [0.4, 0.5) is 0 Å². The minimum absolute atomic E-state index is 0.424. The Bertz CT molecular complexity index is 241. The van der Waals surface area contributed by atoms with E-state index in [2.05, 4.69) is 43.1 Å². The molecule has 108 valence electrons. The number of aliphatic hydroxyl groups is 1. The summed E-state index contributed by atoms with van der Waals surface area (Å²) < 4.78 is 0. The number of hydrogen-bond donors (Lipinski definition) is 2. The van der Waals surface area contributed by atoms with E-state index in [1.54, 1.807) is 0 Å². The molecule has 1 rings (SSSR count). The summed E-state index contributed by atoms with van der Waals surface area (Å²) in [4.78, 5) is 4.69. The standard InChI is InChI=1S/C14H31N3O/c1-12(2)15-10-14(3,18)11-17-8-6-7-13(17)9-16(4)5/h12-13,15,18H,6-11H2,1-5H3. The number of likely N-dealkylation sites (N-methyl/N-ethyl adjacent to an activating group) is 1. The average Bonchev–Trinajstić information content (AvgIpc) is 2.61. The third-order valence-corrected chi connectivity index (χ3v) is 3.51. The van der Waals surface area contributed by atoms with Gasteiger partial charge in [-0.2, -0.15) is 0 Å². The van der Waals surface area contributed by atoms with Crippen LogP contribution >= 0.6 is 0 Å². The number of nitrogens with zero attached hydrogens (tertiary/aromatic N) is 2. The van der Waals surface area contributed by atoms with Gasteiger partial charge in [-0.05, 0) is 40.4 Å². The Morgan fingerprint density at radius 1 is 1.44 bits per heavy atom. The molecule has 0 aromatic rings. The maximum Gasteiger partial charge on any atom is 0.0869 e. The van der Waals surface area contributed by atoms with Crippen LogP contribution in [0.3, 0.4) is 0 Å². The van der Waals surface area contributed by atoms with Crippen LogP contribution in [-0.2, 0) is 0 Å². The minimum atomic E-state index is -0.640. The van der Waals surface area contributed by atoms with Gasteiger partial charge in [-0.3, -0.25) is 4.90 Å². The summed E-state index contributed by atoms with van der Waals surface area (Å²) in [5, 5.41) is 13.8. The molecule has 0 amide bonds. The Kier molecular flexibility index (Phi) is 6.05. The third-order valence-electron chi connectivity index (χ3n) is 3.51. The van der Waals surface area contributed by atoms with E-state index in [0.717, 1.165) is 19.6 Å². The molecule has 2 unspecified atom stereocenters. The number of rotatable bonds is 7. The molecule has 0 bridgehead atoms. The fourth-order valence-corrected chi connectivity index (χ4v) is 2.65. The van der Waals surface area contributed by atoms with Crippen LogP contribution in [0.5, 0.6) is 0 Å². The van der Waals surface area contributed by atoms with Crippen LogP contribution in [0.15, 0.2) is 0 Å². The van der Waals surface area contributed by atoms with E-state index in [-0.39, 0.29) is 0 Å². The number of hydrogen-bond acceptors (Lipinski definition) is 4. The molecule has 2 N–H and O–H groups in total. The Morgan fingerprint density at radius 3 is 2.67 bits per heavy atom. The van der Waals surface area contributed by atoms with Crippen molar-refractivity contribution in [2.24, 2.45) is 0 Å². The number of likely N-dealkylation sites (tertiary alicyclic amines) is 1. The lowest BCUT2D eigenvalue weighted by atomic mass is 10.1. The van der Waals surface area contributed by atoms with Gasteiger partial charge < -0.3 is 15.3 Å². The monoisotopic (exact) mass is 257 g/mol. The van der Waals surface area contributed by atoms with Gasteiger partial charge in [0.05, 0.1) is 5.60 Å². The van der Waals surface area contributed by atoms with Crippen molar-refractivity contribution in [1.82, 2.24) is 15.1 Å². The summed E-state index contributed by atoms with van der Waals surface area (Å²) in [5.41, 5.74) is -0.640. The van der Waals surface area contributed by atoms with Gasteiger partial charge in [-0.1, -0.05) is 13.8 Å². The van der Waals surface area contributed by atoms with E-state index in [4.69, 9.17) is 0 Å².